The van der Waals surface area contributed by atoms with Gasteiger partial charge in [0.05, 0.1) is 12.2 Å². The summed E-state index contributed by atoms with van der Waals surface area (Å²) in [6.07, 6.45) is 0.247. The van der Waals surface area contributed by atoms with E-state index < -0.39 is 0 Å². The second-order valence-electron chi connectivity index (χ2n) is 6.97. The van der Waals surface area contributed by atoms with Crippen molar-refractivity contribution in [2.75, 3.05) is 18.0 Å². The molecule has 1 fully saturated rings. The summed E-state index contributed by atoms with van der Waals surface area (Å²) < 4.78 is 20.8. The number of anilines is 1. The van der Waals surface area contributed by atoms with E-state index in [1.807, 2.05) is 45.9 Å². The topological polar surface area (TPSA) is 51.4 Å². The van der Waals surface area contributed by atoms with Gasteiger partial charge in [-0.3, -0.25) is 4.98 Å². The molecule has 3 rings (SSSR count). The molecule has 2 aromatic rings. The Bertz CT molecular complexity index is 748. The fourth-order valence-corrected chi connectivity index (χ4v) is 3.68. The molecule has 134 valence electrons. The average molecular weight is 343 g/mol. The monoisotopic (exact) mass is 343 g/mol. The number of halogens is 1. The quantitative estimate of drug-likeness (QED) is 0.925. The van der Waals surface area contributed by atoms with E-state index in [-0.39, 0.29) is 24.6 Å². The highest BCUT2D eigenvalue weighted by molar-refractivity contribution is 5.72. The minimum Gasteiger partial charge on any atom is -0.372 e. The lowest BCUT2D eigenvalue weighted by molar-refractivity contribution is -0.00523. The third kappa shape index (κ3) is 3.83. The standard InChI is InChI=1S/C20H26FN3O/c1-12-5-16(6-13(2)23-12)20-17(9-22)7-18(8-19(20)21)24-10-14(3)25-15(4)11-24/h5-8,14-15H,9-11,22H2,1-4H3/t14-,15+. The van der Waals surface area contributed by atoms with E-state index in [4.69, 9.17) is 10.5 Å². The van der Waals surface area contributed by atoms with Crippen LogP contribution in [0.15, 0.2) is 24.3 Å². The average Bonchev–Trinajstić information content (AvgIpc) is 2.52. The van der Waals surface area contributed by atoms with Gasteiger partial charge in [-0.05, 0) is 63.1 Å². The van der Waals surface area contributed by atoms with E-state index in [2.05, 4.69) is 9.88 Å². The summed E-state index contributed by atoms with van der Waals surface area (Å²) in [5.74, 6) is -0.241. The van der Waals surface area contributed by atoms with Gasteiger partial charge in [-0.2, -0.15) is 0 Å². The Hall–Kier alpha value is -1.98. The largest absolute Gasteiger partial charge is 0.372 e. The molecular weight excluding hydrogens is 317 g/mol. The summed E-state index contributed by atoms with van der Waals surface area (Å²) in [6.45, 7) is 9.71. The van der Waals surface area contributed by atoms with Crippen LogP contribution in [0.1, 0.15) is 30.8 Å². The Balaban J connectivity index is 2.04. The molecule has 2 N–H and O–H groups in total. The van der Waals surface area contributed by atoms with Crippen LogP contribution in [0, 0.1) is 19.7 Å². The first-order valence-corrected chi connectivity index (χ1v) is 8.76. The van der Waals surface area contributed by atoms with Crippen LogP contribution in [0.25, 0.3) is 11.1 Å². The molecule has 1 aliphatic heterocycles. The molecule has 1 aromatic heterocycles. The van der Waals surface area contributed by atoms with Crippen molar-refractivity contribution in [1.29, 1.82) is 0 Å². The van der Waals surface area contributed by atoms with Gasteiger partial charge in [0.1, 0.15) is 5.82 Å². The number of aryl methyl sites for hydroxylation is 2. The third-order valence-corrected chi connectivity index (χ3v) is 4.53. The Morgan fingerprint density at radius 3 is 2.28 bits per heavy atom. The molecule has 4 nitrogen and oxygen atoms in total. The molecule has 2 heterocycles. The highest BCUT2D eigenvalue weighted by Gasteiger charge is 2.24. The van der Waals surface area contributed by atoms with E-state index in [0.717, 1.165) is 41.3 Å². The van der Waals surface area contributed by atoms with Gasteiger partial charge in [0.15, 0.2) is 0 Å². The van der Waals surface area contributed by atoms with Crippen molar-refractivity contribution in [3.05, 3.63) is 47.0 Å². The summed E-state index contributed by atoms with van der Waals surface area (Å²) >= 11 is 0. The Kier molecular flexibility index (Phi) is 5.06. The lowest BCUT2D eigenvalue weighted by Crippen LogP contribution is -2.45. The molecule has 2 atom stereocenters. The fourth-order valence-electron chi connectivity index (χ4n) is 3.68. The number of aromatic nitrogens is 1. The van der Waals surface area contributed by atoms with Gasteiger partial charge in [-0.15, -0.1) is 0 Å². The fraction of sp³-hybridized carbons (Fsp3) is 0.450. The van der Waals surface area contributed by atoms with Crippen LogP contribution in [0.3, 0.4) is 0 Å². The Morgan fingerprint density at radius 2 is 1.72 bits per heavy atom. The summed E-state index contributed by atoms with van der Waals surface area (Å²) in [7, 11) is 0. The Morgan fingerprint density at radius 1 is 1.12 bits per heavy atom. The van der Waals surface area contributed by atoms with Gasteiger partial charge in [-0.25, -0.2) is 4.39 Å². The van der Waals surface area contributed by atoms with Gasteiger partial charge in [0.25, 0.3) is 0 Å². The highest BCUT2D eigenvalue weighted by atomic mass is 19.1. The maximum absolute atomic E-state index is 15.1. The number of rotatable bonds is 3. The second kappa shape index (κ2) is 7.10. The molecule has 0 radical (unpaired) electrons. The first kappa shape index (κ1) is 17.8. The maximum atomic E-state index is 15.1. The van der Waals surface area contributed by atoms with E-state index >= 15 is 4.39 Å². The minimum atomic E-state index is -0.241. The van der Waals surface area contributed by atoms with Crippen LogP contribution in [-0.4, -0.2) is 30.3 Å². The predicted octanol–water partition coefficient (Wildman–Crippen LogP) is 3.58. The number of nitrogens with zero attached hydrogens (tertiary/aromatic N) is 2. The summed E-state index contributed by atoms with van der Waals surface area (Å²) in [5.41, 5.74) is 10.8. The van der Waals surface area contributed by atoms with Crippen LogP contribution in [0.5, 0.6) is 0 Å². The summed E-state index contributed by atoms with van der Waals surface area (Å²) in [4.78, 5) is 6.55. The molecule has 25 heavy (non-hydrogen) atoms. The van der Waals surface area contributed by atoms with Gasteiger partial charge < -0.3 is 15.4 Å². The molecule has 0 aliphatic carbocycles. The molecule has 0 spiro atoms. The highest BCUT2D eigenvalue weighted by Crippen LogP contribution is 2.32. The van der Waals surface area contributed by atoms with Crippen LogP contribution in [-0.2, 0) is 11.3 Å². The number of ether oxygens (including phenoxy) is 1. The minimum absolute atomic E-state index is 0.123. The Labute approximate surface area is 148 Å². The first-order chi connectivity index (χ1) is 11.9. The van der Waals surface area contributed by atoms with Crippen LogP contribution >= 0.6 is 0 Å². The molecule has 0 saturated carbocycles. The van der Waals surface area contributed by atoms with E-state index in [1.165, 1.54) is 0 Å². The van der Waals surface area contributed by atoms with Crippen LogP contribution < -0.4 is 10.6 Å². The van der Waals surface area contributed by atoms with E-state index in [9.17, 15) is 0 Å². The van der Waals surface area contributed by atoms with Crippen molar-refractivity contribution in [3.8, 4) is 11.1 Å². The maximum Gasteiger partial charge on any atom is 0.133 e. The zero-order valence-electron chi connectivity index (χ0n) is 15.3. The molecule has 1 saturated heterocycles. The molecule has 1 aliphatic rings. The molecule has 0 amide bonds. The number of nitrogens with two attached hydrogens (primary N) is 1. The molecular formula is C20H26FN3O. The smallest absolute Gasteiger partial charge is 0.133 e. The SMILES string of the molecule is Cc1cc(-c2c(F)cc(N3C[C@@H](C)O[C@@H](C)C3)cc2CN)cc(C)n1. The van der Waals surface area contributed by atoms with Crippen LogP contribution in [0.4, 0.5) is 10.1 Å². The van der Waals surface area contributed by atoms with Crippen molar-refractivity contribution < 1.29 is 9.13 Å². The number of hydrogen-bond acceptors (Lipinski definition) is 4. The normalized spacial score (nSPS) is 20.8. The van der Waals surface area contributed by atoms with Gasteiger partial charge in [0, 0.05) is 42.3 Å². The number of hydrogen-bond donors (Lipinski definition) is 1. The lowest BCUT2D eigenvalue weighted by atomic mass is 9.97. The zero-order valence-corrected chi connectivity index (χ0v) is 15.3. The molecule has 0 bridgehead atoms. The van der Waals surface area contributed by atoms with Crippen LogP contribution in [0.2, 0.25) is 0 Å². The zero-order chi connectivity index (χ0) is 18.1. The summed E-state index contributed by atoms with van der Waals surface area (Å²) in [5, 5.41) is 0. The van der Waals surface area contributed by atoms with Gasteiger partial charge >= 0.3 is 0 Å². The summed E-state index contributed by atoms with van der Waals surface area (Å²) in [6, 6.07) is 7.44. The van der Waals surface area contributed by atoms with Crippen molar-refractivity contribution in [2.24, 2.45) is 5.73 Å². The van der Waals surface area contributed by atoms with Crippen molar-refractivity contribution in [1.82, 2.24) is 4.98 Å². The molecule has 5 heteroatoms. The van der Waals surface area contributed by atoms with Gasteiger partial charge in [0.2, 0.25) is 0 Å². The lowest BCUT2D eigenvalue weighted by Gasteiger charge is -2.37. The van der Waals surface area contributed by atoms with E-state index in [0.29, 0.717) is 5.56 Å². The third-order valence-electron chi connectivity index (χ3n) is 4.53. The molecule has 0 unspecified atom stereocenters. The van der Waals surface area contributed by atoms with Crippen molar-refractivity contribution in [2.45, 2.75) is 46.4 Å². The second-order valence-corrected chi connectivity index (χ2v) is 6.97. The van der Waals surface area contributed by atoms with Crippen molar-refractivity contribution in [3.63, 3.8) is 0 Å². The van der Waals surface area contributed by atoms with Gasteiger partial charge in [-0.1, -0.05) is 0 Å². The van der Waals surface area contributed by atoms with Crippen molar-refractivity contribution >= 4 is 5.69 Å². The number of benzene rings is 1. The first-order valence-electron chi connectivity index (χ1n) is 8.76. The number of pyridine rings is 1. The molecule has 1 aromatic carbocycles. The number of morpholine rings is 1. The predicted molar refractivity (Wildman–Crippen MR) is 99.2 cm³/mol. The van der Waals surface area contributed by atoms with E-state index in [1.54, 1.807) is 6.07 Å².